The first-order valence-electron chi connectivity index (χ1n) is 7.26. The van der Waals surface area contributed by atoms with Crippen molar-refractivity contribution in [2.45, 2.75) is 20.4 Å². The fourth-order valence-electron chi connectivity index (χ4n) is 2.08. The Hall–Kier alpha value is -2.87. The number of aromatic nitrogens is 4. The maximum absolute atomic E-state index is 12.1. The third-order valence-electron chi connectivity index (χ3n) is 3.28. The van der Waals surface area contributed by atoms with Gasteiger partial charge in [0.2, 0.25) is 11.0 Å². The Kier molecular flexibility index (Phi) is 4.48. The van der Waals surface area contributed by atoms with E-state index in [2.05, 4.69) is 20.6 Å². The number of hydrogen-bond donors (Lipinski definition) is 1. The molecule has 1 N–H and O–H groups in total. The van der Waals surface area contributed by atoms with Gasteiger partial charge in [-0.15, -0.1) is 10.2 Å². The van der Waals surface area contributed by atoms with Gasteiger partial charge in [0.25, 0.3) is 5.56 Å². The zero-order chi connectivity index (χ0) is 17.1. The summed E-state index contributed by atoms with van der Waals surface area (Å²) in [5.41, 5.74) is 2.32. The summed E-state index contributed by atoms with van der Waals surface area (Å²) in [5, 5.41) is 15.7. The molecule has 0 aliphatic carbocycles. The first-order valence-corrected chi connectivity index (χ1v) is 8.08. The fourth-order valence-corrected chi connectivity index (χ4v) is 2.69. The summed E-state index contributed by atoms with van der Waals surface area (Å²) in [6, 6.07) is 10.8. The van der Waals surface area contributed by atoms with E-state index in [9.17, 15) is 9.59 Å². The van der Waals surface area contributed by atoms with Crippen molar-refractivity contribution >= 4 is 22.4 Å². The predicted molar refractivity (Wildman–Crippen MR) is 91.9 cm³/mol. The van der Waals surface area contributed by atoms with E-state index in [0.717, 1.165) is 20.8 Å². The molecule has 2 heterocycles. The quantitative estimate of drug-likeness (QED) is 0.784. The van der Waals surface area contributed by atoms with Crippen LogP contribution >= 0.6 is 11.3 Å². The molecule has 0 aliphatic rings. The Labute approximate surface area is 142 Å². The summed E-state index contributed by atoms with van der Waals surface area (Å²) < 4.78 is 1.14. The van der Waals surface area contributed by atoms with E-state index >= 15 is 0 Å². The maximum atomic E-state index is 12.1. The van der Waals surface area contributed by atoms with Gasteiger partial charge >= 0.3 is 0 Å². The molecule has 0 unspecified atom stereocenters. The Morgan fingerprint density at radius 3 is 2.54 bits per heavy atom. The Morgan fingerprint density at radius 1 is 1.12 bits per heavy atom. The van der Waals surface area contributed by atoms with Crippen LogP contribution in [0.2, 0.25) is 0 Å². The van der Waals surface area contributed by atoms with E-state index in [0.29, 0.717) is 10.8 Å². The van der Waals surface area contributed by atoms with E-state index in [1.54, 1.807) is 13.0 Å². The van der Waals surface area contributed by atoms with Crippen LogP contribution in [0.3, 0.4) is 0 Å². The molecule has 24 heavy (non-hydrogen) atoms. The van der Waals surface area contributed by atoms with Crippen LogP contribution in [-0.4, -0.2) is 25.9 Å². The number of benzene rings is 1. The molecule has 0 saturated carbocycles. The van der Waals surface area contributed by atoms with Gasteiger partial charge in [0.1, 0.15) is 11.6 Å². The summed E-state index contributed by atoms with van der Waals surface area (Å²) in [5.74, 6) is -0.373. The normalized spacial score (nSPS) is 10.6. The van der Waals surface area contributed by atoms with Gasteiger partial charge in [-0.2, -0.15) is 5.10 Å². The lowest BCUT2D eigenvalue weighted by atomic mass is 10.1. The molecule has 0 bridgehead atoms. The zero-order valence-corrected chi connectivity index (χ0v) is 14.0. The van der Waals surface area contributed by atoms with Gasteiger partial charge in [-0.05, 0) is 19.9 Å². The zero-order valence-electron chi connectivity index (χ0n) is 13.2. The highest BCUT2D eigenvalue weighted by molar-refractivity contribution is 7.15. The lowest BCUT2D eigenvalue weighted by molar-refractivity contribution is -0.117. The average Bonchev–Trinajstić information content (AvgIpc) is 2.95. The first-order chi connectivity index (χ1) is 11.5. The molecule has 2 aromatic heterocycles. The minimum Gasteiger partial charge on any atom is -0.299 e. The second kappa shape index (κ2) is 6.71. The first kappa shape index (κ1) is 16.0. The van der Waals surface area contributed by atoms with Gasteiger partial charge in [-0.1, -0.05) is 41.2 Å². The van der Waals surface area contributed by atoms with E-state index in [4.69, 9.17) is 0 Å². The lowest BCUT2D eigenvalue weighted by Crippen LogP contribution is -2.29. The molecule has 0 aliphatic heterocycles. The Morgan fingerprint density at radius 2 is 1.88 bits per heavy atom. The third kappa shape index (κ3) is 3.72. The number of nitrogens with zero attached hydrogens (tertiary/aromatic N) is 4. The molecule has 3 rings (SSSR count). The summed E-state index contributed by atoms with van der Waals surface area (Å²) in [4.78, 5) is 24.0. The second-order valence-corrected chi connectivity index (χ2v) is 6.44. The van der Waals surface area contributed by atoms with Crippen molar-refractivity contribution in [3.8, 4) is 11.3 Å². The Bertz CT molecular complexity index is 930. The van der Waals surface area contributed by atoms with Crippen LogP contribution in [0.25, 0.3) is 11.3 Å². The molecular formula is C16H15N5O2S. The number of anilines is 1. The van der Waals surface area contributed by atoms with Crippen LogP contribution in [0.4, 0.5) is 5.13 Å². The smallest absolute Gasteiger partial charge is 0.267 e. The highest BCUT2D eigenvalue weighted by atomic mass is 32.1. The molecule has 0 atom stereocenters. The Balaban J connectivity index is 1.80. The monoisotopic (exact) mass is 341 g/mol. The maximum Gasteiger partial charge on any atom is 0.267 e. The van der Waals surface area contributed by atoms with Crippen molar-refractivity contribution in [1.29, 1.82) is 0 Å². The SMILES string of the molecule is Cc1ccc(-c2ccc(=O)n(CC(=O)Nc3nnc(C)s3)n2)cc1. The predicted octanol–water partition coefficient (Wildman–Crippen LogP) is 2.02. The highest BCUT2D eigenvalue weighted by Gasteiger charge is 2.10. The van der Waals surface area contributed by atoms with E-state index in [-0.39, 0.29) is 18.0 Å². The van der Waals surface area contributed by atoms with Crippen molar-refractivity contribution < 1.29 is 4.79 Å². The molecule has 7 nitrogen and oxygen atoms in total. The summed E-state index contributed by atoms with van der Waals surface area (Å²) >= 11 is 1.27. The summed E-state index contributed by atoms with van der Waals surface area (Å²) in [6.45, 7) is 3.61. The summed E-state index contributed by atoms with van der Waals surface area (Å²) in [6.07, 6.45) is 0. The van der Waals surface area contributed by atoms with E-state index < -0.39 is 0 Å². The minimum atomic E-state index is -0.373. The largest absolute Gasteiger partial charge is 0.299 e. The molecular weight excluding hydrogens is 326 g/mol. The van der Waals surface area contributed by atoms with Crippen molar-refractivity contribution in [3.63, 3.8) is 0 Å². The molecule has 0 radical (unpaired) electrons. The minimum absolute atomic E-state index is 0.183. The van der Waals surface area contributed by atoms with Crippen LogP contribution in [0.1, 0.15) is 10.6 Å². The van der Waals surface area contributed by atoms with Crippen LogP contribution in [-0.2, 0) is 11.3 Å². The molecule has 0 saturated heterocycles. The number of nitrogens with one attached hydrogen (secondary N) is 1. The molecule has 0 fully saturated rings. The molecule has 1 amide bonds. The molecule has 3 aromatic rings. The van der Waals surface area contributed by atoms with Gasteiger partial charge < -0.3 is 0 Å². The number of carbonyl (C=O) groups is 1. The standard InChI is InChI=1S/C16H15N5O2S/c1-10-3-5-12(6-4-10)13-7-8-15(23)21(20-13)9-14(22)17-16-19-18-11(2)24-16/h3-8H,9H2,1-2H3,(H,17,19,22). The van der Waals surface area contributed by atoms with Crippen LogP contribution in [0.15, 0.2) is 41.2 Å². The van der Waals surface area contributed by atoms with Crippen molar-refractivity contribution in [2.24, 2.45) is 0 Å². The van der Waals surface area contributed by atoms with Crippen LogP contribution in [0, 0.1) is 13.8 Å². The van der Waals surface area contributed by atoms with Gasteiger partial charge in [0, 0.05) is 11.6 Å². The number of carbonyl (C=O) groups excluding carboxylic acids is 1. The fraction of sp³-hybridized carbons (Fsp3) is 0.188. The molecule has 8 heteroatoms. The second-order valence-electron chi connectivity index (χ2n) is 5.25. The average molecular weight is 341 g/mol. The van der Waals surface area contributed by atoms with Gasteiger partial charge in [0.15, 0.2) is 0 Å². The van der Waals surface area contributed by atoms with Crippen molar-refractivity contribution in [2.75, 3.05) is 5.32 Å². The summed E-state index contributed by atoms with van der Waals surface area (Å²) in [7, 11) is 0. The number of hydrogen-bond acceptors (Lipinski definition) is 6. The van der Waals surface area contributed by atoms with Gasteiger partial charge in [-0.3, -0.25) is 14.9 Å². The van der Waals surface area contributed by atoms with Crippen molar-refractivity contribution in [1.82, 2.24) is 20.0 Å². The number of amides is 1. The van der Waals surface area contributed by atoms with E-state index in [1.165, 1.54) is 17.4 Å². The van der Waals surface area contributed by atoms with E-state index in [1.807, 2.05) is 31.2 Å². The van der Waals surface area contributed by atoms with Crippen LogP contribution < -0.4 is 10.9 Å². The molecule has 122 valence electrons. The van der Waals surface area contributed by atoms with Gasteiger partial charge in [0.05, 0.1) is 5.69 Å². The lowest BCUT2D eigenvalue weighted by Gasteiger charge is -2.07. The highest BCUT2D eigenvalue weighted by Crippen LogP contribution is 2.16. The third-order valence-corrected chi connectivity index (χ3v) is 4.03. The topological polar surface area (TPSA) is 89.8 Å². The molecule has 1 aromatic carbocycles. The molecule has 0 spiro atoms. The number of aryl methyl sites for hydroxylation is 2. The van der Waals surface area contributed by atoms with Crippen molar-refractivity contribution in [3.05, 3.63) is 57.3 Å². The van der Waals surface area contributed by atoms with Crippen LogP contribution in [0.5, 0.6) is 0 Å². The van der Waals surface area contributed by atoms with Gasteiger partial charge in [-0.25, -0.2) is 4.68 Å². The number of rotatable bonds is 4.